The number of hydrogen-bond acceptors (Lipinski definition) is 5. The average Bonchev–Trinajstić information content (AvgIpc) is 2.91. The molecule has 212 valence electrons. The van der Waals surface area contributed by atoms with Crippen LogP contribution in [0.15, 0.2) is 53.7 Å². The smallest absolute Gasteiger partial charge is 0.379 e. The molecule has 4 rings (SSSR count). The van der Waals surface area contributed by atoms with E-state index in [0.29, 0.717) is 37.7 Å². The van der Waals surface area contributed by atoms with Gasteiger partial charge in [0, 0.05) is 73.5 Å². The first kappa shape index (κ1) is 29.1. The van der Waals surface area contributed by atoms with Crippen molar-refractivity contribution in [3.8, 4) is 11.1 Å². The number of allylic oxidation sites excluding steroid dienone is 2. The Hall–Kier alpha value is -2.85. The lowest BCUT2D eigenvalue weighted by Gasteiger charge is -2.37. The highest BCUT2D eigenvalue weighted by Gasteiger charge is 2.32. The maximum atomic E-state index is 13.6. The summed E-state index contributed by atoms with van der Waals surface area (Å²) in [5, 5.41) is 10.9. The number of nitrogens with one attached hydrogen (secondary N) is 2. The maximum Gasteiger partial charge on any atom is 0.401 e. The van der Waals surface area contributed by atoms with Gasteiger partial charge in [0.2, 0.25) is 0 Å². The van der Waals surface area contributed by atoms with Crippen LogP contribution >= 0.6 is 11.6 Å². The highest BCUT2D eigenvalue weighted by Crippen LogP contribution is 2.36. The van der Waals surface area contributed by atoms with Gasteiger partial charge in [0.1, 0.15) is 0 Å². The fourth-order valence-corrected chi connectivity index (χ4v) is 5.41. The molecule has 39 heavy (non-hydrogen) atoms. The van der Waals surface area contributed by atoms with Gasteiger partial charge in [-0.05, 0) is 55.2 Å². The van der Waals surface area contributed by atoms with Crippen molar-refractivity contribution in [2.75, 3.05) is 55.6 Å². The second-order valence-corrected chi connectivity index (χ2v) is 10.5. The molecule has 0 bridgehead atoms. The van der Waals surface area contributed by atoms with Crippen molar-refractivity contribution in [3.63, 3.8) is 0 Å². The zero-order valence-corrected chi connectivity index (χ0v) is 22.5. The Labute approximate surface area is 230 Å². The SMILES string of the molecule is C/C(C=N)=C(/NC1CCCN(c2cc(Cl)ccc2-c2ccc(N3CCN(CC(F)(F)F)CC3)cc2)C1)C(F)F. The molecule has 5 nitrogen and oxygen atoms in total. The Kier molecular flexibility index (Phi) is 9.38. The van der Waals surface area contributed by atoms with Gasteiger partial charge in [0.25, 0.3) is 6.43 Å². The molecule has 0 aromatic heterocycles. The van der Waals surface area contributed by atoms with Crippen molar-refractivity contribution >= 4 is 29.2 Å². The van der Waals surface area contributed by atoms with Crippen molar-refractivity contribution in [2.45, 2.75) is 38.4 Å². The van der Waals surface area contributed by atoms with Crippen LogP contribution in [0.1, 0.15) is 19.8 Å². The monoisotopic (exact) mass is 569 g/mol. The molecule has 0 saturated carbocycles. The lowest BCUT2D eigenvalue weighted by Crippen LogP contribution is -2.49. The number of hydrogen-bond donors (Lipinski definition) is 2. The Morgan fingerprint density at radius 1 is 1.05 bits per heavy atom. The zero-order valence-electron chi connectivity index (χ0n) is 21.7. The molecule has 2 saturated heterocycles. The van der Waals surface area contributed by atoms with Gasteiger partial charge in [0.05, 0.1) is 12.2 Å². The minimum atomic E-state index is -4.19. The minimum absolute atomic E-state index is 0.206. The highest BCUT2D eigenvalue weighted by atomic mass is 35.5. The number of anilines is 2. The summed E-state index contributed by atoms with van der Waals surface area (Å²) in [4.78, 5) is 5.67. The molecule has 0 aliphatic carbocycles. The first-order valence-corrected chi connectivity index (χ1v) is 13.4. The molecule has 1 atom stereocenters. The van der Waals surface area contributed by atoms with Crippen molar-refractivity contribution in [3.05, 3.63) is 58.8 Å². The second-order valence-electron chi connectivity index (χ2n) is 10.1. The van der Waals surface area contributed by atoms with E-state index in [1.165, 1.54) is 11.8 Å². The van der Waals surface area contributed by atoms with Gasteiger partial charge in [-0.1, -0.05) is 29.8 Å². The Morgan fingerprint density at radius 2 is 1.74 bits per heavy atom. The molecule has 2 N–H and O–H groups in total. The van der Waals surface area contributed by atoms with E-state index in [2.05, 4.69) is 15.1 Å². The minimum Gasteiger partial charge on any atom is -0.379 e. The Balaban J connectivity index is 1.48. The van der Waals surface area contributed by atoms with E-state index < -0.39 is 19.1 Å². The van der Waals surface area contributed by atoms with Crippen LogP contribution in [0.25, 0.3) is 11.1 Å². The number of piperidine rings is 1. The van der Waals surface area contributed by atoms with Gasteiger partial charge in [-0.15, -0.1) is 0 Å². The van der Waals surface area contributed by atoms with Gasteiger partial charge >= 0.3 is 6.18 Å². The summed E-state index contributed by atoms with van der Waals surface area (Å²) in [7, 11) is 0. The summed E-state index contributed by atoms with van der Waals surface area (Å²) < 4.78 is 65.3. The number of benzene rings is 2. The number of halogens is 6. The van der Waals surface area contributed by atoms with E-state index in [0.717, 1.165) is 48.1 Å². The molecule has 11 heteroatoms. The quantitative estimate of drug-likeness (QED) is 0.284. The van der Waals surface area contributed by atoms with E-state index in [1.807, 2.05) is 42.5 Å². The van der Waals surface area contributed by atoms with Gasteiger partial charge in [-0.25, -0.2) is 8.78 Å². The van der Waals surface area contributed by atoms with Crippen LogP contribution in [-0.4, -0.2) is 75.6 Å². The predicted molar refractivity (Wildman–Crippen MR) is 147 cm³/mol. The Morgan fingerprint density at radius 3 is 2.36 bits per heavy atom. The molecule has 2 heterocycles. The number of alkyl halides is 5. The van der Waals surface area contributed by atoms with E-state index in [1.54, 1.807) is 0 Å². The molecule has 2 fully saturated rings. The average molecular weight is 570 g/mol. The third-order valence-electron chi connectivity index (χ3n) is 7.26. The topological polar surface area (TPSA) is 45.6 Å². The molecule has 0 radical (unpaired) electrons. The van der Waals surface area contributed by atoms with Crippen molar-refractivity contribution in [2.24, 2.45) is 0 Å². The number of piperazine rings is 1. The second kappa shape index (κ2) is 12.6. The van der Waals surface area contributed by atoms with Crippen LogP contribution in [0.2, 0.25) is 5.02 Å². The summed E-state index contributed by atoms with van der Waals surface area (Å²) in [6.07, 6.45) is -4.39. The molecule has 2 aromatic rings. The van der Waals surface area contributed by atoms with Gasteiger partial charge in [-0.2, -0.15) is 13.2 Å². The number of nitrogens with zero attached hydrogens (tertiary/aromatic N) is 3. The summed E-state index contributed by atoms with van der Waals surface area (Å²) in [6.45, 7) is 3.64. The molecule has 2 aromatic carbocycles. The third kappa shape index (κ3) is 7.63. The lowest BCUT2D eigenvalue weighted by molar-refractivity contribution is -0.146. The molecule has 0 spiro atoms. The highest BCUT2D eigenvalue weighted by molar-refractivity contribution is 6.31. The van der Waals surface area contributed by atoms with E-state index >= 15 is 0 Å². The lowest BCUT2D eigenvalue weighted by atomic mass is 9.99. The van der Waals surface area contributed by atoms with Crippen LogP contribution in [0, 0.1) is 5.41 Å². The van der Waals surface area contributed by atoms with Crippen molar-refractivity contribution < 1.29 is 22.0 Å². The van der Waals surface area contributed by atoms with Crippen LogP contribution in [0.5, 0.6) is 0 Å². The van der Waals surface area contributed by atoms with E-state index in [9.17, 15) is 22.0 Å². The fraction of sp³-hybridized carbons (Fsp3) is 0.464. The Bertz CT molecular complexity index is 1160. The largest absolute Gasteiger partial charge is 0.401 e. The molecular weight excluding hydrogens is 537 g/mol. The summed E-state index contributed by atoms with van der Waals surface area (Å²) in [5.74, 6) is 0. The van der Waals surface area contributed by atoms with Crippen LogP contribution in [0.4, 0.5) is 33.3 Å². The van der Waals surface area contributed by atoms with Crippen molar-refractivity contribution in [1.82, 2.24) is 10.2 Å². The van der Waals surface area contributed by atoms with Crippen LogP contribution in [-0.2, 0) is 0 Å². The van der Waals surface area contributed by atoms with Crippen LogP contribution < -0.4 is 15.1 Å². The first-order chi connectivity index (χ1) is 18.5. The maximum absolute atomic E-state index is 13.6. The summed E-state index contributed by atoms with van der Waals surface area (Å²) in [5.41, 5.74) is 3.79. The standard InChI is InChI=1S/C28H33ClF5N5/c1-19(16-35)26(27(30)31)36-22-3-2-10-39(17-22)25-15-21(29)6-9-24(25)20-4-7-23(8-5-20)38-13-11-37(12-14-38)18-28(32,33)34/h4-9,15-16,22,27,35-36H,2-3,10-14,17-18H2,1H3/b26-19-,35-16?. The third-order valence-corrected chi connectivity index (χ3v) is 7.49. The first-order valence-electron chi connectivity index (χ1n) is 13.0. The normalized spacial score (nSPS) is 19.7. The van der Waals surface area contributed by atoms with Crippen LogP contribution in [0.3, 0.4) is 0 Å². The summed E-state index contributed by atoms with van der Waals surface area (Å²) in [6, 6.07) is 13.4. The fourth-order valence-electron chi connectivity index (χ4n) is 5.24. The number of rotatable bonds is 8. The molecule has 0 amide bonds. The van der Waals surface area contributed by atoms with E-state index in [4.69, 9.17) is 17.0 Å². The molecule has 2 aliphatic rings. The summed E-state index contributed by atoms with van der Waals surface area (Å²) >= 11 is 6.37. The molecule has 2 aliphatic heterocycles. The van der Waals surface area contributed by atoms with Gasteiger partial charge < -0.3 is 20.5 Å². The van der Waals surface area contributed by atoms with Gasteiger partial charge in [0.15, 0.2) is 0 Å². The van der Waals surface area contributed by atoms with Gasteiger partial charge in [-0.3, -0.25) is 4.90 Å². The molecular formula is C28H33ClF5N5. The predicted octanol–water partition coefficient (Wildman–Crippen LogP) is 6.44. The molecule has 1 unspecified atom stereocenters. The van der Waals surface area contributed by atoms with E-state index in [-0.39, 0.29) is 17.3 Å². The van der Waals surface area contributed by atoms with Crippen molar-refractivity contribution in [1.29, 1.82) is 5.41 Å². The zero-order chi connectivity index (χ0) is 28.2.